The lowest BCUT2D eigenvalue weighted by molar-refractivity contribution is -0.0233. The normalized spacial score (nSPS) is 19.0. The summed E-state index contributed by atoms with van der Waals surface area (Å²) in [4.78, 5) is 2.46. The Morgan fingerprint density at radius 2 is 2.00 bits per heavy atom. The number of hydrogen-bond acceptors (Lipinski definition) is 4. The monoisotopic (exact) mass is 341 g/mol. The zero-order chi connectivity index (χ0) is 14.6. The van der Waals surface area contributed by atoms with Crippen LogP contribution < -0.4 is 11.3 Å². The molecule has 1 unspecified atom stereocenters. The number of ether oxygens (including phenoxy) is 1. The van der Waals surface area contributed by atoms with Crippen LogP contribution in [0.1, 0.15) is 19.4 Å². The van der Waals surface area contributed by atoms with Gasteiger partial charge in [-0.3, -0.25) is 16.2 Å². The Labute approximate surface area is 129 Å². The van der Waals surface area contributed by atoms with Crippen LogP contribution in [-0.4, -0.2) is 42.8 Å². The lowest BCUT2D eigenvalue weighted by atomic mass is 9.87. The van der Waals surface area contributed by atoms with Crippen molar-refractivity contribution in [1.29, 1.82) is 0 Å². The van der Waals surface area contributed by atoms with E-state index in [1.807, 2.05) is 6.07 Å². The number of nitrogens with one attached hydrogen (secondary N) is 1. The summed E-state index contributed by atoms with van der Waals surface area (Å²) < 4.78 is 6.58. The Hall–Kier alpha value is -0.460. The van der Waals surface area contributed by atoms with Crippen LogP contribution in [0.5, 0.6) is 0 Å². The van der Waals surface area contributed by atoms with Crippen molar-refractivity contribution in [3.05, 3.63) is 34.3 Å². The molecule has 1 atom stereocenters. The van der Waals surface area contributed by atoms with Crippen molar-refractivity contribution in [1.82, 2.24) is 10.3 Å². The third kappa shape index (κ3) is 3.59. The lowest BCUT2D eigenvalue weighted by Gasteiger charge is -2.45. The molecule has 0 radical (unpaired) electrons. The minimum absolute atomic E-state index is 0.0200. The molecule has 1 aromatic carbocycles. The molecule has 4 nitrogen and oxygen atoms in total. The number of hydrogen-bond donors (Lipinski definition) is 2. The van der Waals surface area contributed by atoms with E-state index in [0.29, 0.717) is 0 Å². The molecule has 0 bridgehead atoms. The summed E-state index contributed by atoms with van der Waals surface area (Å²) in [6.07, 6.45) is 0.891. The van der Waals surface area contributed by atoms with Crippen molar-refractivity contribution in [3.63, 3.8) is 0 Å². The van der Waals surface area contributed by atoms with E-state index in [-0.39, 0.29) is 11.6 Å². The Kier molecular flexibility index (Phi) is 5.57. The van der Waals surface area contributed by atoms with Gasteiger partial charge in [-0.15, -0.1) is 0 Å². The van der Waals surface area contributed by atoms with Crippen molar-refractivity contribution in [2.75, 3.05) is 26.3 Å². The molecule has 1 aliphatic heterocycles. The molecule has 5 heteroatoms. The molecule has 2 rings (SSSR count). The summed E-state index contributed by atoms with van der Waals surface area (Å²) in [5.74, 6) is 5.84. The Bertz CT molecular complexity index is 433. The van der Waals surface area contributed by atoms with Crippen LogP contribution in [-0.2, 0) is 11.2 Å². The van der Waals surface area contributed by atoms with Crippen molar-refractivity contribution in [2.45, 2.75) is 31.8 Å². The highest BCUT2D eigenvalue weighted by Crippen LogP contribution is 2.25. The number of rotatable bonds is 5. The van der Waals surface area contributed by atoms with Crippen LogP contribution in [0.15, 0.2) is 28.7 Å². The van der Waals surface area contributed by atoms with Gasteiger partial charge in [-0.2, -0.15) is 0 Å². The largest absolute Gasteiger partial charge is 0.379 e. The fourth-order valence-electron chi connectivity index (χ4n) is 2.76. The first-order valence-corrected chi connectivity index (χ1v) is 7.87. The molecule has 1 aromatic rings. The van der Waals surface area contributed by atoms with Crippen LogP contribution in [0.25, 0.3) is 0 Å². The highest BCUT2D eigenvalue weighted by atomic mass is 79.9. The van der Waals surface area contributed by atoms with Gasteiger partial charge >= 0.3 is 0 Å². The first-order valence-electron chi connectivity index (χ1n) is 7.08. The van der Waals surface area contributed by atoms with Gasteiger partial charge in [-0.1, -0.05) is 34.1 Å². The van der Waals surface area contributed by atoms with Crippen molar-refractivity contribution in [3.8, 4) is 0 Å². The molecule has 1 saturated heterocycles. The molecule has 0 amide bonds. The van der Waals surface area contributed by atoms with Crippen molar-refractivity contribution < 1.29 is 4.74 Å². The van der Waals surface area contributed by atoms with Gasteiger partial charge in [-0.05, 0) is 31.9 Å². The first kappa shape index (κ1) is 15.9. The number of benzene rings is 1. The number of nitrogens with zero attached hydrogens (tertiary/aromatic N) is 1. The number of morpholine rings is 1. The van der Waals surface area contributed by atoms with E-state index >= 15 is 0 Å². The van der Waals surface area contributed by atoms with Crippen LogP contribution in [0, 0.1) is 0 Å². The zero-order valence-electron chi connectivity index (χ0n) is 12.2. The van der Waals surface area contributed by atoms with Crippen molar-refractivity contribution in [2.24, 2.45) is 5.84 Å². The van der Waals surface area contributed by atoms with Gasteiger partial charge in [0.25, 0.3) is 0 Å². The molecular formula is C15H24BrN3O. The quantitative estimate of drug-likeness (QED) is 0.634. The van der Waals surface area contributed by atoms with Crippen molar-refractivity contribution >= 4 is 15.9 Å². The van der Waals surface area contributed by atoms with Crippen LogP contribution in [0.2, 0.25) is 0 Å². The van der Waals surface area contributed by atoms with E-state index in [4.69, 9.17) is 10.6 Å². The average Bonchev–Trinajstić information content (AvgIpc) is 2.47. The standard InChI is InChI=1S/C15H24BrN3O/c1-15(2,19-7-9-20-10-8-19)14(18-17)11-12-5-3-4-6-13(12)16/h3-6,14,18H,7-11,17H2,1-2H3. The lowest BCUT2D eigenvalue weighted by Crippen LogP contribution is -2.62. The van der Waals surface area contributed by atoms with E-state index in [2.05, 4.69) is 58.3 Å². The van der Waals surface area contributed by atoms with E-state index < -0.39 is 0 Å². The van der Waals surface area contributed by atoms with Gasteiger partial charge in [0.1, 0.15) is 0 Å². The topological polar surface area (TPSA) is 50.5 Å². The summed E-state index contributed by atoms with van der Waals surface area (Å²) in [7, 11) is 0. The number of nitrogens with two attached hydrogens (primary N) is 1. The second kappa shape index (κ2) is 7.00. The van der Waals surface area contributed by atoms with Gasteiger partial charge in [0.15, 0.2) is 0 Å². The second-order valence-electron chi connectivity index (χ2n) is 5.77. The fraction of sp³-hybridized carbons (Fsp3) is 0.600. The highest BCUT2D eigenvalue weighted by molar-refractivity contribution is 9.10. The predicted octanol–water partition coefficient (Wildman–Crippen LogP) is 1.93. The molecule has 1 heterocycles. The molecule has 0 saturated carbocycles. The Balaban J connectivity index is 2.12. The maximum Gasteiger partial charge on any atom is 0.0594 e. The third-order valence-corrected chi connectivity index (χ3v) is 5.04. The molecule has 20 heavy (non-hydrogen) atoms. The van der Waals surface area contributed by atoms with Crippen LogP contribution in [0.4, 0.5) is 0 Å². The van der Waals surface area contributed by atoms with Gasteiger partial charge < -0.3 is 4.74 Å². The number of hydrazine groups is 1. The first-order chi connectivity index (χ1) is 9.55. The summed E-state index contributed by atoms with van der Waals surface area (Å²) >= 11 is 3.61. The minimum Gasteiger partial charge on any atom is -0.379 e. The molecule has 3 N–H and O–H groups in total. The highest BCUT2D eigenvalue weighted by Gasteiger charge is 2.35. The number of halogens is 1. The molecule has 1 aliphatic rings. The smallest absolute Gasteiger partial charge is 0.0594 e. The van der Waals surface area contributed by atoms with E-state index in [0.717, 1.165) is 37.2 Å². The Morgan fingerprint density at radius 3 is 2.60 bits per heavy atom. The fourth-order valence-corrected chi connectivity index (χ4v) is 3.20. The summed E-state index contributed by atoms with van der Waals surface area (Å²) in [5.41, 5.74) is 4.27. The van der Waals surface area contributed by atoms with Gasteiger partial charge in [0.2, 0.25) is 0 Å². The Morgan fingerprint density at radius 1 is 1.35 bits per heavy atom. The predicted molar refractivity (Wildman–Crippen MR) is 85.4 cm³/mol. The van der Waals surface area contributed by atoms with Gasteiger partial charge in [0.05, 0.1) is 13.2 Å². The maximum atomic E-state index is 5.84. The van der Waals surface area contributed by atoms with E-state index in [9.17, 15) is 0 Å². The van der Waals surface area contributed by atoms with E-state index in [1.54, 1.807) is 0 Å². The minimum atomic E-state index is -0.0200. The molecule has 112 valence electrons. The SMILES string of the molecule is CC(C)(C(Cc1ccccc1Br)NN)N1CCOCC1. The molecule has 0 aromatic heterocycles. The molecule has 1 fully saturated rings. The summed E-state index contributed by atoms with van der Waals surface area (Å²) in [5, 5.41) is 0. The summed E-state index contributed by atoms with van der Waals surface area (Å²) in [6.45, 7) is 8.02. The molecular weight excluding hydrogens is 318 g/mol. The average molecular weight is 342 g/mol. The van der Waals surface area contributed by atoms with Gasteiger partial charge in [0, 0.05) is 29.1 Å². The molecule has 0 spiro atoms. The summed E-state index contributed by atoms with van der Waals surface area (Å²) in [6, 6.07) is 8.49. The third-order valence-electron chi connectivity index (χ3n) is 4.26. The van der Waals surface area contributed by atoms with Gasteiger partial charge in [-0.25, -0.2) is 0 Å². The van der Waals surface area contributed by atoms with Crippen LogP contribution in [0.3, 0.4) is 0 Å². The zero-order valence-corrected chi connectivity index (χ0v) is 13.8. The van der Waals surface area contributed by atoms with Crippen LogP contribution >= 0.6 is 15.9 Å². The molecule has 0 aliphatic carbocycles. The maximum absolute atomic E-state index is 5.84. The van der Waals surface area contributed by atoms with E-state index in [1.165, 1.54) is 5.56 Å². The second-order valence-corrected chi connectivity index (χ2v) is 6.62.